The summed E-state index contributed by atoms with van der Waals surface area (Å²) in [4.78, 5) is 12.9. The molecule has 0 aromatic rings. The van der Waals surface area contributed by atoms with E-state index in [0.29, 0.717) is 11.9 Å². The first kappa shape index (κ1) is 12.9. The second-order valence-corrected chi connectivity index (χ2v) is 3.34. The molecule has 1 amide bonds. The van der Waals surface area contributed by atoms with Crippen LogP contribution in [0.1, 0.15) is 0 Å². The normalized spacial score (nSPS) is 10.5. The van der Waals surface area contributed by atoms with Crippen LogP contribution in [0.25, 0.3) is 0 Å². The van der Waals surface area contributed by atoms with E-state index >= 15 is 0 Å². The summed E-state index contributed by atoms with van der Waals surface area (Å²) < 4.78 is 4.92. The maximum Gasteiger partial charge on any atom is 0.230 e. The van der Waals surface area contributed by atoms with Gasteiger partial charge in [0.15, 0.2) is 0 Å². The average Bonchev–Trinajstić information content (AvgIpc) is 2.14. The van der Waals surface area contributed by atoms with E-state index in [1.807, 2.05) is 7.05 Å². The Balaban J connectivity index is 3.26. The lowest BCUT2D eigenvalue weighted by Gasteiger charge is -2.15. The molecule has 0 rings (SSSR count). The first-order valence-corrected chi connectivity index (χ1v) is 5.33. The van der Waals surface area contributed by atoms with Gasteiger partial charge in [-0.2, -0.15) is 0 Å². The minimum atomic E-state index is 0.0279. The third-order valence-corrected chi connectivity index (χ3v) is 2.12. The number of halogens is 1. The van der Waals surface area contributed by atoms with E-state index in [0.717, 1.165) is 19.7 Å². The smallest absolute Gasteiger partial charge is 0.230 e. The zero-order valence-corrected chi connectivity index (χ0v) is 9.76. The van der Waals surface area contributed by atoms with Crippen molar-refractivity contribution in [3.8, 4) is 0 Å². The molecule has 0 aromatic carbocycles. The van der Waals surface area contributed by atoms with Gasteiger partial charge in [0.05, 0.1) is 11.9 Å². The maximum absolute atomic E-state index is 10.8. The van der Waals surface area contributed by atoms with Gasteiger partial charge in [0.1, 0.15) is 0 Å². The van der Waals surface area contributed by atoms with Crippen LogP contribution in [0.4, 0.5) is 0 Å². The molecule has 0 aliphatic carbocycles. The van der Waals surface area contributed by atoms with Gasteiger partial charge in [0, 0.05) is 26.7 Å². The van der Waals surface area contributed by atoms with Crippen molar-refractivity contribution in [1.29, 1.82) is 0 Å². The maximum atomic E-state index is 10.8. The number of likely N-dealkylation sites (N-methyl/N-ethyl adjacent to an activating group) is 1. The van der Waals surface area contributed by atoms with Gasteiger partial charge >= 0.3 is 0 Å². The van der Waals surface area contributed by atoms with Crippen LogP contribution >= 0.6 is 15.9 Å². The Labute approximate surface area is 87.7 Å². The van der Waals surface area contributed by atoms with E-state index in [2.05, 4.69) is 26.1 Å². The molecule has 4 nitrogen and oxygen atoms in total. The first-order valence-electron chi connectivity index (χ1n) is 4.21. The highest BCUT2D eigenvalue weighted by Crippen LogP contribution is 1.82. The Bertz CT molecular complexity index is 144. The summed E-state index contributed by atoms with van der Waals surface area (Å²) in [7, 11) is 3.68. The van der Waals surface area contributed by atoms with Crippen molar-refractivity contribution < 1.29 is 9.53 Å². The number of rotatable bonds is 7. The van der Waals surface area contributed by atoms with Gasteiger partial charge in [-0.25, -0.2) is 0 Å². The van der Waals surface area contributed by atoms with E-state index in [1.54, 1.807) is 7.11 Å². The minimum Gasteiger partial charge on any atom is -0.383 e. The van der Waals surface area contributed by atoms with Gasteiger partial charge < -0.3 is 15.0 Å². The number of carbonyl (C=O) groups is 1. The lowest BCUT2D eigenvalue weighted by Crippen LogP contribution is -2.34. The zero-order valence-electron chi connectivity index (χ0n) is 8.18. The predicted octanol–water partition coefficient (Wildman–Crippen LogP) is 0.0757. The Morgan fingerprint density at radius 3 is 2.77 bits per heavy atom. The molecular formula is C8H17BrN2O2. The fourth-order valence-corrected chi connectivity index (χ4v) is 0.991. The number of alkyl halides is 1. The van der Waals surface area contributed by atoms with E-state index < -0.39 is 0 Å². The molecule has 13 heavy (non-hydrogen) atoms. The van der Waals surface area contributed by atoms with Crippen LogP contribution in [0.3, 0.4) is 0 Å². The van der Waals surface area contributed by atoms with E-state index in [9.17, 15) is 4.79 Å². The molecule has 0 fully saturated rings. The van der Waals surface area contributed by atoms with Crippen molar-refractivity contribution in [3.63, 3.8) is 0 Å². The summed E-state index contributed by atoms with van der Waals surface area (Å²) in [5, 5.41) is 3.14. The number of methoxy groups -OCH3 is 1. The molecule has 0 spiro atoms. The van der Waals surface area contributed by atoms with Crippen molar-refractivity contribution in [3.05, 3.63) is 0 Å². The topological polar surface area (TPSA) is 41.6 Å². The second-order valence-electron chi connectivity index (χ2n) is 2.78. The highest BCUT2D eigenvalue weighted by molar-refractivity contribution is 9.09. The number of nitrogens with zero attached hydrogens (tertiary/aromatic N) is 1. The Hall–Kier alpha value is -0.130. The quantitative estimate of drug-likeness (QED) is 0.653. The minimum absolute atomic E-state index is 0.0279. The molecule has 0 bridgehead atoms. The summed E-state index contributed by atoms with van der Waals surface area (Å²) in [5.41, 5.74) is 0. The van der Waals surface area contributed by atoms with Crippen molar-refractivity contribution >= 4 is 21.8 Å². The highest BCUT2D eigenvalue weighted by atomic mass is 79.9. The van der Waals surface area contributed by atoms with E-state index in [4.69, 9.17) is 4.74 Å². The van der Waals surface area contributed by atoms with Crippen LogP contribution in [-0.4, -0.2) is 56.5 Å². The molecule has 0 saturated carbocycles. The summed E-state index contributed by atoms with van der Waals surface area (Å²) in [6.45, 7) is 3.15. The van der Waals surface area contributed by atoms with Crippen molar-refractivity contribution in [1.82, 2.24) is 10.2 Å². The largest absolute Gasteiger partial charge is 0.383 e. The van der Waals surface area contributed by atoms with Crippen LogP contribution in [0.15, 0.2) is 0 Å². The molecule has 0 unspecified atom stereocenters. The van der Waals surface area contributed by atoms with Crippen molar-refractivity contribution in [2.45, 2.75) is 0 Å². The van der Waals surface area contributed by atoms with Crippen LogP contribution in [-0.2, 0) is 9.53 Å². The number of hydrogen-bond donors (Lipinski definition) is 1. The van der Waals surface area contributed by atoms with E-state index in [1.165, 1.54) is 0 Å². The van der Waals surface area contributed by atoms with Crippen LogP contribution < -0.4 is 5.32 Å². The van der Waals surface area contributed by atoms with Gasteiger partial charge in [-0.15, -0.1) is 0 Å². The summed E-state index contributed by atoms with van der Waals surface area (Å²) in [6, 6.07) is 0. The fraction of sp³-hybridized carbons (Fsp3) is 0.875. The average molecular weight is 253 g/mol. The van der Waals surface area contributed by atoms with Crippen molar-refractivity contribution in [2.24, 2.45) is 0 Å². The Morgan fingerprint density at radius 2 is 2.23 bits per heavy atom. The molecule has 0 aromatic heterocycles. The molecule has 0 heterocycles. The van der Waals surface area contributed by atoms with E-state index in [-0.39, 0.29) is 5.91 Å². The lowest BCUT2D eigenvalue weighted by molar-refractivity contribution is -0.118. The number of carbonyl (C=O) groups excluding carboxylic acids is 1. The molecular weight excluding hydrogens is 236 g/mol. The Kier molecular flexibility index (Phi) is 8.38. The predicted molar refractivity (Wildman–Crippen MR) is 56.2 cm³/mol. The van der Waals surface area contributed by atoms with Gasteiger partial charge in [0.2, 0.25) is 5.91 Å². The SMILES string of the molecule is COCCN(C)CCNC(=O)CBr. The lowest BCUT2D eigenvalue weighted by atomic mass is 10.5. The molecule has 0 aliphatic rings. The molecule has 0 saturated heterocycles. The standard InChI is InChI=1S/C8H17BrN2O2/c1-11(5-6-13-2)4-3-10-8(12)7-9/h3-7H2,1-2H3,(H,10,12). The summed E-state index contributed by atoms with van der Waals surface area (Å²) >= 11 is 3.08. The van der Waals surface area contributed by atoms with Crippen LogP contribution in [0, 0.1) is 0 Å². The molecule has 78 valence electrons. The molecule has 0 radical (unpaired) electrons. The third-order valence-electron chi connectivity index (χ3n) is 1.61. The molecule has 1 N–H and O–H groups in total. The second kappa shape index (κ2) is 8.47. The highest BCUT2D eigenvalue weighted by Gasteiger charge is 1.99. The number of nitrogens with one attached hydrogen (secondary N) is 1. The molecule has 0 aliphatic heterocycles. The van der Waals surface area contributed by atoms with Gasteiger partial charge in [0.25, 0.3) is 0 Å². The van der Waals surface area contributed by atoms with Gasteiger partial charge in [-0.3, -0.25) is 4.79 Å². The number of ether oxygens (including phenoxy) is 1. The summed E-state index contributed by atoms with van der Waals surface area (Å²) in [5.74, 6) is 0.0279. The Morgan fingerprint density at radius 1 is 1.54 bits per heavy atom. The first-order chi connectivity index (χ1) is 6.20. The van der Waals surface area contributed by atoms with Crippen LogP contribution in [0.5, 0.6) is 0 Å². The molecule has 5 heteroatoms. The van der Waals surface area contributed by atoms with Crippen LogP contribution in [0.2, 0.25) is 0 Å². The number of hydrogen-bond acceptors (Lipinski definition) is 3. The third kappa shape index (κ3) is 8.21. The van der Waals surface area contributed by atoms with Crippen molar-refractivity contribution in [2.75, 3.05) is 45.7 Å². The summed E-state index contributed by atoms with van der Waals surface area (Å²) in [6.07, 6.45) is 0. The zero-order chi connectivity index (χ0) is 10.1. The number of amides is 1. The molecule has 0 atom stereocenters. The fourth-order valence-electron chi connectivity index (χ4n) is 0.792. The monoisotopic (exact) mass is 252 g/mol. The van der Waals surface area contributed by atoms with Gasteiger partial charge in [-0.05, 0) is 7.05 Å². The van der Waals surface area contributed by atoms with Gasteiger partial charge in [-0.1, -0.05) is 15.9 Å².